The maximum atomic E-state index is 9.49. The van der Waals surface area contributed by atoms with Gasteiger partial charge in [0.25, 0.3) is 0 Å². The Morgan fingerprint density at radius 1 is 0.944 bits per heavy atom. The number of fused-ring (bicyclic) bond motifs is 1. The molecule has 3 atom stereocenters. The maximum absolute atomic E-state index is 9.49. The van der Waals surface area contributed by atoms with Crippen molar-refractivity contribution in [2.45, 2.75) is 73.1 Å². The Morgan fingerprint density at radius 3 is 2.22 bits per heavy atom. The van der Waals surface area contributed by atoms with Gasteiger partial charge in [0, 0.05) is 6.61 Å². The summed E-state index contributed by atoms with van der Waals surface area (Å²) in [7, 11) is 0. The second-order valence-electron chi connectivity index (χ2n) is 8.49. The molecule has 1 N–H and O–H groups in total. The van der Waals surface area contributed by atoms with Crippen molar-refractivity contribution in [3.05, 3.63) is 0 Å². The molecule has 0 spiro atoms. The van der Waals surface area contributed by atoms with Gasteiger partial charge in [0.05, 0.1) is 0 Å². The van der Waals surface area contributed by atoms with Gasteiger partial charge in [0.1, 0.15) is 0 Å². The largest absolute Gasteiger partial charge is 0.396 e. The highest BCUT2D eigenvalue weighted by Crippen LogP contribution is 2.64. The Balaban J connectivity index is 2.35. The standard InChI is InChI=1S/C17H32O/c1-15(2)9-6-10-17(5)13(15)7-11-16(3,4)14(17)8-12-18/h13-14,18H,6-12H2,1-5H3. The van der Waals surface area contributed by atoms with Gasteiger partial charge in [0.15, 0.2) is 0 Å². The van der Waals surface area contributed by atoms with E-state index in [1.807, 2.05) is 0 Å². The fourth-order valence-electron chi connectivity index (χ4n) is 5.74. The van der Waals surface area contributed by atoms with Gasteiger partial charge < -0.3 is 5.11 Å². The molecule has 0 saturated heterocycles. The van der Waals surface area contributed by atoms with E-state index in [1.54, 1.807) is 0 Å². The van der Waals surface area contributed by atoms with Crippen LogP contribution < -0.4 is 0 Å². The van der Waals surface area contributed by atoms with Gasteiger partial charge in [-0.2, -0.15) is 0 Å². The van der Waals surface area contributed by atoms with Crippen molar-refractivity contribution in [2.75, 3.05) is 6.61 Å². The molecule has 2 saturated carbocycles. The number of rotatable bonds is 2. The summed E-state index contributed by atoms with van der Waals surface area (Å²) in [6.07, 6.45) is 7.85. The van der Waals surface area contributed by atoms with E-state index in [2.05, 4.69) is 34.6 Å². The van der Waals surface area contributed by atoms with E-state index in [-0.39, 0.29) is 0 Å². The van der Waals surface area contributed by atoms with Crippen LogP contribution in [0.25, 0.3) is 0 Å². The molecule has 0 aliphatic heterocycles. The second-order valence-corrected chi connectivity index (χ2v) is 8.49. The first-order valence-electron chi connectivity index (χ1n) is 7.85. The lowest BCUT2D eigenvalue weighted by Gasteiger charge is -2.62. The number of hydrogen-bond donors (Lipinski definition) is 1. The second kappa shape index (κ2) is 4.51. The molecule has 2 aliphatic carbocycles. The summed E-state index contributed by atoms with van der Waals surface area (Å²) in [5, 5.41) is 9.49. The van der Waals surface area contributed by atoms with E-state index < -0.39 is 0 Å². The first kappa shape index (κ1) is 14.4. The molecule has 0 heterocycles. The quantitative estimate of drug-likeness (QED) is 0.759. The van der Waals surface area contributed by atoms with Crippen molar-refractivity contribution in [1.29, 1.82) is 0 Å². The molecule has 18 heavy (non-hydrogen) atoms. The van der Waals surface area contributed by atoms with Crippen LogP contribution in [0.2, 0.25) is 0 Å². The molecule has 0 aromatic carbocycles. The molecular formula is C17H32O. The fraction of sp³-hybridized carbons (Fsp3) is 1.00. The summed E-state index contributed by atoms with van der Waals surface area (Å²) < 4.78 is 0. The number of aliphatic hydroxyl groups excluding tert-OH is 1. The molecule has 3 unspecified atom stereocenters. The van der Waals surface area contributed by atoms with Crippen molar-refractivity contribution >= 4 is 0 Å². The van der Waals surface area contributed by atoms with Crippen LogP contribution in [0.5, 0.6) is 0 Å². The molecule has 1 nitrogen and oxygen atoms in total. The SMILES string of the molecule is CC1(C)CCCC2(C)C1CCC(C)(C)C2CCO. The summed E-state index contributed by atoms with van der Waals surface area (Å²) in [6.45, 7) is 12.7. The number of hydrogen-bond acceptors (Lipinski definition) is 1. The van der Waals surface area contributed by atoms with E-state index >= 15 is 0 Å². The molecule has 0 radical (unpaired) electrons. The smallest absolute Gasteiger partial charge is 0.0434 e. The lowest BCUT2D eigenvalue weighted by atomic mass is 9.43. The molecular weight excluding hydrogens is 220 g/mol. The molecule has 0 bridgehead atoms. The predicted molar refractivity (Wildman–Crippen MR) is 77.4 cm³/mol. The van der Waals surface area contributed by atoms with Crippen LogP contribution in [0.1, 0.15) is 73.1 Å². The maximum Gasteiger partial charge on any atom is 0.0434 e. The molecule has 106 valence electrons. The Hall–Kier alpha value is -0.0400. The topological polar surface area (TPSA) is 20.2 Å². The van der Waals surface area contributed by atoms with Crippen molar-refractivity contribution in [2.24, 2.45) is 28.1 Å². The fourth-order valence-corrected chi connectivity index (χ4v) is 5.74. The van der Waals surface area contributed by atoms with Gasteiger partial charge >= 0.3 is 0 Å². The Bertz CT molecular complexity index is 305. The van der Waals surface area contributed by atoms with Crippen LogP contribution in [-0.2, 0) is 0 Å². The van der Waals surface area contributed by atoms with Crippen molar-refractivity contribution < 1.29 is 5.11 Å². The third-order valence-electron chi connectivity index (χ3n) is 6.51. The normalized spacial score (nSPS) is 42.3. The van der Waals surface area contributed by atoms with Gasteiger partial charge in [-0.15, -0.1) is 0 Å². The Kier molecular flexibility index (Phi) is 3.60. The van der Waals surface area contributed by atoms with Gasteiger partial charge in [-0.25, -0.2) is 0 Å². The Labute approximate surface area is 113 Å². The highest BCUT2D eigenvalue weighted by atomic mass is 16.3. The summed E-state index contributed by atoms with van der Waals surface area (Å²) in [5.74, 6) is 1.54. The molecule has 0 aromatic heterocycles. The average Bonchev–Trinajstić information content (AvgIpc) is 2.22. The third-order valence-corrected chi connectivity index (χ3v) is 6.51. The zero-order valence-corrected chi connectivity index (χ0v) is 13.1. The summed E-state index contributed by atoms with van der Waals surface area (Å²) in [6, 6.07) is 0. The lowest BCUT2D eigenvalue weighted by molar-refractivity contribution is -0.129. The van der Waals surface area contributed by atoms with Crippen LogP contribution in [0, 0.1) is 28.1 Å². The average molecular weight is 252 g/mol. The molecule has 1 heteroatoms. The monoisotopic (exact) mass is 252 g/mol. The van der Waals surface area contributed by atoms with Gasteiger partial charge in [-0.05, 0) is 60.2 Å². The first-order chi connectivity index (χ1) is 8.24. The molecule has 0 aromatic rings. The summed E-state index contributed by atoms with van der Waals surface area (Å²) >= 11 is 0. The van der Waals surface area contributed by atoms with Crippen LogP contribution in [0.3, 0.4) is 0 Å². The summed E-state index contributed by atoms with van der Waals surface area (Å²) in [5.41, 5.74) is 1.35. The minimum atomic E-state index is 0.358. The van der Waals surface area contributed by atoms with Crippen LogP contribution in [-0.4, -0.2) is 11.7 Å². The van der Waals surface area contributed by atoms with Crippen molar-refractivity contribution in [1.82, 2.24) is 0 Å². The predicted octanol–water partition coefficient (Wildman–Crippen LogP) is 4.64. The molecule has 2 aliphatic rings. The van der Waals surface area contributed by atoms with Crippen LogP contribution in [0.15, 0.2) is 0 Å². The van der Waals surface area contributed by atoms with Gasteiger partial charge in [-0.3, -0.25) is 0 Å². The highest BCUT2D eigenvalue weighted by Gasteiger charge is 2.56. The van der Waals surface area contributed by atoms with E-state index in [9.17, 15) is 5.11 Å². The minimum absolute atomic E-state index is 0.358. The van der Waals surface area contributed by atoms with Crippen molar-refractivity contribution in [3.8, 4) is 0 Å². The Morgan fingerprint density at radius 2 is 1.61 bits per heavy atom. The zero-order valence-electron chi connectivity index (χ0n) is 13.1. The first-order valence-corrected chi connectivity index (χ1v) is 7.85. The van der Waals surface area contributed by atoms with Gasteiger partial charge in [0.2, 0.25) is 0 Å². The van der Waals surface area contributed by atoms with Gasteiger partial charge in [-0.1, -0.05) is 41.0 Å². The molecule has 0 amide bonds. The highest BCUT2D eigenvalue weighted by molar-refractivity contribution is 5.05. The summed E-state index contributed by atoms with van der Waals surface area (Å²) in [4.78, 5) is 0. The van der Waals surface area contributed by atoms with E-state index in [0.29, 0.717) is 28.8 Å². The van der Waals surface area contributed by atoms with E-state index in [1.165, 1.54) is 32.1 Å². The molecule has 2 rings (SSSR count). The van der Waals surface area contributed by atoms with E-state index in [0.717, 1.165) is 12.3 Å². The van der Waals surface area contributed by atoms with E-state index in [4.69, 9.17) is 0 Å². The molecule has 2 fully saturated rings. The van der Waals surface area contributed by atoms with Crippen LogP contribution in [0.4, 0.5) is 0 Å². The lowest BCUT2D eigenvalue weighted by Crippen LogP contribution is -2.54. The number of aliphatic hydroxyl groups is 1. The van der Waals surface area contributed by atoms with Crippen LogP contribution >= 0.6 is 0 Å². The zero-order chi connectivity index (χ0) is 13.6. The minimum Gasteiger partial charge on any atom is -0.396 e. The third kappa shape index (κ3) is 2.13. The van der Waals surface area contributed by atoms with Crippen molar-refractivity contribution in [3.63, 3.8) is 0 Å².